The van der Waals surface area contributed by atoms with Gasteiger partial charge in [0.15, 0.2) is 0 Å². The zero-order chi connectivity index (χ0) is 9.26. The van der Waals surface area contributed by atoms with Crippen LogP contribution in [0.4, 0.5) is 0 Å². The van der Waals surface area contributed by atoms with Crippen LogP contribution in [0.2, 0.25) is 0 Å². The van der Waals surface area contributed by atoms with E-state index in [0.717, 1.165) is 11.4 Å². The maximum atomic E-state index is 4.18. The molecular weight excluding hydrogens is 160 g/mol. The molecule has 2 nitrogen and oxygen atoms in total. The lowest BCUT2D eigenvalue weighted by Crippen LogP contribution is -1.97. The summed E-state index contributed by atoms with van der Waals surface area (Å²) in [6.07, 6.45) is 1.69. The van der Waals surface area contributed by atoms with Gasteiger partial charge in [-0.05, 0) is 26.0 Å². The molecule has 0 bridgehead atoms. The summed E-state index contributed by atoms with van der Waals surface area (Å²) in [6, 6.07) is 11.3. The monoisotopic (exact) mass is 171 g/mol. The largest absolute Gasteiger partial charge is 0.237 e. The third kappa shape index (κ3) is 1.47. The average Bonchev–Trinajstić information content (AvgIpc) is 2.53. The minimum absolute atomic E-state index is 1.03. The fourth-order valence-electron chi connectivity index (χ4n) is 1.27. The Labute approximate surface area is 77.8 Å². The fraction of sp³-hybridized carbons (Fsp3) is 0.182. The Morgan fingerprint density at radius 1 is 1.15 bits per heavy atom. The van der Waals surface area contributed by atoms with Gasteiger partial charge in [-0.15, -0.1) is 0 Å². The lowest BCUT2D eigenvalue weighted by atomic mass is 10.2. The molecule has 0 amide bonds. The summed E-state index contributed by atoms with van der Waals surface area (Å²) in [5.41, 5.74) is 3.38. The van der Waals surface area contributed by atoms with Crippen LogP contribution in [0, 0.1) is 19.9 Å². The standard InChI is InChI=1S/C11H11N2/c1-9-3-5-11(6-4-9)13-10(2)7-8-12-13/h3-6,8H,1-2H3. The van der Waals surface area contributed by atoms with Gasteiger partial charge in [0.1, 0.15) is 0 Å². The van der Waals surface area contributed by atoms with E-state index in [1.807, 2.05) is 11.6 Å². The fourth-order valence-corrected chi connectivity index (χ4v) is 1.27. The van der Waals surface area contributed by atoms with Gasteiger partial charge in [0.05, 0.1) is 11.9 Å². The Hall–Kier alpha value is -1.57. The first-order valence-corrected chi connectivity index (χ1v) is 4.27. The smallest absolute Gasteiger partial charge is 0.0649 e. The first-order valence-electron chi connectivity index (χ1n) is 4.27. The quantitative estimate of drug-likeness (QED) is 0.643. The first kappa shape index (κ1) is 8.05. The zero-order valence-corrected chi connectivity index (χ0v) is 7.78. The van der Waals surface area contributed by atoms with Crippen molar-refractivity contribution in [1.82, 2.24) is 9.78 Å². The van der Waals surface area contributed by atoms with Crippen molar-refractivity contribution in [3.05, 3.63) is 47.8 Å². The van der Waals surface area contributed by atoms with E-state index < -0.39 is 0 Å². The van der Waals surface area contributed by atoms with Crippen LogP contribution in [0.5, 0.6) is 0 Å². The van der Waals surface area contributed by atoms with E-state index in [0.29, 0.717) is 0 Å². The van der Waals surface area contributed by atoms with Gasteiger partial charge in [0.2, 0.25) is 0 Å². The van der Waals surface area contributed by atoms with Crippen molar-refractivity contribution >= 4 is 0 Å². The second-order valence-corrected chi connectivity index (χ2v) is 3.12. The van der Waals surface area contributed by atoms with E-state index in [1.54, 1.807) is 6.20 Å². The maximum Gasteiger partial charge on any atom is 0.0649 e. The molecule has 0 aliphatic carbocycles. The van der Waals surface area contributed by atoms with Crippen LogP contribution >= 0.6 is 0 Å². The summed E-state index contributed by atoms with van der Waals surface area (Å²) in [5.74, 6) is 0. The third-order valence-electron chi connectivity index (χ3n) is 2.04. The molecule has 2 rings (SSSR count). The summed E-state index contributed by atoms with van der Waals surface area (Å²) in [6.45, 7) is 4.07. The number of hydrogen-bond donors (Lipinski definition) is 0. The van der Waals surface area contributed by atoms with Gasteiger partial charge in [-0.25, -0.2) is 4.68 Å². The van der Waals surface area contributed by atoms with E-state index in [2.05, 4.69) is 42.4 Å². The Morgan fingerprint density at radius 2 is 1.85 bits per heavy atom. The number of hydrogen-bond acceptors (Lipinski definition) is 1. The highest BCUT2D eigenvalue weighted by atomic mass is 15.3. The van der Waals surface area contributed by atoms with Crippen LogP contribution in [0.15, 0.2) is 30.5 Å². The maximum absolute atomic E-state index is 4.18. The normalized spacial score (nSPS) is 10.3. The molecule has 0 aliphatic rings. The molecule has 65 valence electrons. The van der Waals surface area contributed by atoms with Gasteiger partial charge >= 0.3 is 0 Å². The molecule has 2 heteroatoms. The van der Waals surface area contributed by atoms with Crippen LogP contribution in [-0.2, 0) is 0 Å². The minimum atomic E-state index is 1.03. The molecule has 1 aromatic carbocycles. The van der Waals surface area contributed by atoms with E-state index in [-0.39, 0.29) is 0 Å². The zero-order valence-electron chi connectivity index (χ0n) is 7.78. The molecule has 13 heavy (non-hydrogen) atoms. The van der Waals surface area contributed by atoms with Crippen LogP contribution in [0.3, 0.4) is 0 Å². The number of nitrogens with zero attached hydrogens (tertiary/aromatic N) is 2. The highest BCUT2D eigenvalue weighted by molar-refractivity contribution is 5.34. The second kappa shape index (κ2) is 3.05. The van der Waals surface area contributed by atoms with Gasteiger partial charge in [0, 0.05) is 11.8 Å². The lowest BCUT2D eigenvalue weighted by molar-refractivity contribution is 0.846. The van der Waals surface area contributed by atoms with Crippen molar-refractivity contribution in [2.45, 2.75) is 13.8 Å². The second-order valence-electron chi connectivity index (χ2n) is 3.12. The number of rotatable bonds is 1. The Morgan fingerprint density at radius 3 is 2.38 bits per heavy atom. The number of aryl methyl sites for hydroxylation is 2. The molecule has 1 heterocycles. The van der Waals surface area contributed by atoms with Gasteiger partial charge < -0.3 is 0 Å². The molecule has 0 spiro atoms. The van der Waals surface area contributed by atoms with Crippen molar-refractivity contribution < 1.29 is 0 Å². The van der Waals surface area contributed by atoms with Gasteiger partial charge in [-0.2, -0.15) is 5.10 Å². The first-order chi connectivity index (χ1) is 6.27. The van der Waals surface area contributed by atoms with E-state index in [4.69, 9.17) is 0 Å². The predicted octanol–water partition coefficient (Wildman–Crippen LogP) is 2.29. The topological polar surface area (TPSA) is 17.8 Å². The minimum Gasteiger partial charge on any atom is -0.237 e. The van der Waals surface area contributed by atoms with Crippen molar-refractivity contribution in [2.75, 3.05) is 0 Å². The van der Waals surface area contributed by atoms with E-state index in [1.165, 1.54) is 5.56 Å². The van der Waals surface area contributed by atoms with Gasteiger partial charge in [0.25, 0.3) is 0 Å². The predicted molar refractivity (Wildman–Crippen MR) is 51.9 cm³/mol. The van der Waals surface area contributed by atoms with E-state index in [9.17, 15) is 0 Å². The van der Waals surface area contributed by atoms with Gasteiger partial charge in [-0.3, -0.25) is 0 Å². The summed E-state index contributed by atoms with van der Waals surface area (Å²) >= 11 is 0. The Kier molecular flexibility index (Phi) is 1.89. The SMILES string of the molecule is Cc1ccc(-n2nc[c]c2C)cc1. The van der Waals surface area contributed by atoms with E-state index >= 15 is 0 Å². The molecule has 1 aromatic heterocycles. The average molecular weight is 171 g/mol. The highest BCUT2D eigenvalue weighted by Gasteiger charge is 1.98. The molecule has 0 unspecified atom stereocenters. The highest BCUT2D eigenvalue weighted by Crippen LogP contribution is 2.09. The molecule has 0 saturated carbocycles. The van der Waals surface area contributed by atoms with Crippen molar-refractivity contribution in [3.8, 4) is 5.69 Å². The molecule has 1 radical (unpaired) electrons. The lowest BCUT2D eigenvalue weighted by Gasteiger charge is -2.03. The summed E-state index contributed by atoms with van der Waals surface area (Å²) in [7, 11) is 0. The Bertz CT molecular complexity index is 398. The van der Waals surface area contributed by atoms with Crippen LogP contribution < -0.4 is 0 Å². The molecule has 2 aromatic rings. The van der Waals surface area contributed by atoms with Crippen molar-refractivity contribution in [2.24, 2.45) is 0 Å². The number of aromatic nitrogens is 2. The molecule has 0 fully saturated rings. The molecular formula is C11H11N2. The summed E-state index contributed by atoms with van der Waals surface area (Å²) in [5, 5.41) is 4.18. The van der Waals surface area contributed by atoms with Crippen LogP contribution in [0.1, 0.15) is 11.3 Å². The molecule has 0 saturated heterocycles. The summed E-state index contributed by atoms with van der Waals surface area (Å²) < 4.78 is 1.87. The Balaban J connectivity index is 2.47. The third-order valence-corrected chi connectivity index (χ3v) is 2.04. The van der Waals surface area contributed by atoms with Crippen LogP contribution in [0.25, 0.3) is 5.69 Å². The van der Waals surface area contributed by atoms with Crippen LogP contribution in [-0.4, -0.2) is 9.78 Å². The van der Waals surface area contributed by atoms with Crippen molar-refractivity contribution in [3.63, 3.8) is 0 Å². The van der Waals surface area contributed by atoms with Crippen molar-refractivity contribution in [1.29, 1.82) is 0 Å². The molecule has 0 aliphatic heterocycles. The molecule has 0 N–H and O–H groups in total. The summed E-state index contributed by atoms with van der Waals surface area (Å²) in [4.78, 5) is 0. The number of benzene rings is 1. The van der Waals surface area contributed by atoms with Gasteiger partial charge in [-0.1, -0.05) is 17.7 Å². The molecule has 0 atom stereocenters.